The molecule has 146 valence electrons. The zero-order chi connectivity index (χ0) is 20.6. The highest BCUT2D eigenvalue weighted by Gasteiger charge is 2.21. The van der Waals surface area contributed by atoms with Crippen molar-refractivity contribution in [3.05, 3.63) is 106 Å². The molecule has 0 heterocycles. The predicted octanol–water partition coefficient (Wildman–Crippen LogP) is 4.21. The number of nitro groups is 1. The van der Waals surface area contributed by atoms with E-state index in [0.29, 0.717) is 17.9 Å². The second-order valence-electron chi connectivity index (χ2n) is 6.07. The smallest absolute Gasteiger partial charge is 0.345 e. The Balaban J connectivity index is 1.56. The highest BCUT2D eigenvalue weighted by atomic mass is 16.6. The average Bonchev–Trinajstić information content (AvgIpc) is 2.76. The van der Waals surface area contributed by atoms with Crippen LogP contribution in [0.4, 0.5) is 5.69 Å². The van der Waals surface area contributed by atoms with E-state index >= 15 is 0 Å². The van der Waals surface area contributed by atoms with Crippen LogP contribution in [0, 0.1) is 10.1 Å². The fourth-order valence-corrected chi connectivity index (χ4v) is 2.58. The molecule has 7 nitrogen and oxygen atoms in total. The highest BCUT2D eigenvalue weighted by molar-refractivity contribution is 6.00. The zero-order valence-corrected chi connectivity index (χ0v) is 15.3. The first-order chi connectivity index (χ1) is 14.0. The number of rotatable bonds is 8. The van der Waals surface area contributed by atoms with Crippen molar-refractivity contribution in [3.63, 3.8) is 0 Å². The van der Waals surface area contributed by atoms with Crippen LogP contribution < -0.4 is 4.74 Å². The lowest BCUT2D eigenvalue weighted by Gasteiger charge is -2.08. The molecule has 0 spiro atoms. The van der Waals surface area contributed by atoms with Crippen molar-refractivity contribution in [3.8, 4) is 5.75 Å². The Kier molecular flexibility index (Phi) is 6.32. The lowest BCUT2D eigenvalue weighted by Crippen LogP contribution is -2.15. The molecule has 0 unspecified atom stereocenters. The Hall–Kier alpha value is -4.00. The Morgan fingerprint density at radius 3 is 2.21 bits per heavy atom. The minimum atomic E-state index is -0.923. The van der Waals surface area contributed by atoms with E-state index in [2.05, 4.69) is 0 Å². The Labute approximate surface area is 166 Å². The Bertz CT molecular complexity index is 1010. The van der Waals surface area contributed by atoms with Gasteiger partial charge in [0.05, 0.1) is 4.92 Å². The maximum Gasteiger partial charge on any atom is 0.345 e. The summed E-state index contributed by atoms with van der Waals surface area (Å²) in [5, 5.41) is 11.0. The van der Waals surface area contributed by atoms with Crippen molar-refractivity contribution in [2.45, 2.75) is 6.61 Å². The monoisotopic (exact) mass is 391 g/mol. The predicted molar refractivity (Wildman–Crippen MR) is 105 cm³/mol. The summed E-state index contributed by atoms with van der Waals surface area (Å²) < 4.78 is 10.6. The summed E-state index contributed by atoms with van der Waals surface area (Å²) in [5.41, 5.74) is 0.793. The van der Waals surface area contributed by atoms with Crippen LogP contribution in [0.1, 0.15) is 26.3 Å². The molecule has 0 aliphatic heterocycles. The molecule has 0 amide bonds. The van der Waals surface area contributed by atoms with Crippen molar-refractivity contribution in [2.75, 3.05) is 6.61 Å². The number of hydrogen-bond donors (Lipinski definition) is 0. The number of carbonyl (C=O) groups excluding carboxylic acids is 2. The van der Waals surface area contributed by atoms with Gasteiger partial charge in [-0.2, -0.15) is 0 Å². The van der Waals surface area contributed by atoms with Crippen LogP contribution in [-0.4, -0.2) is 23.3 Å². The van der Waals surface area contributed by atoms with Gasteiger partial charge in [-0.25, -0.2) is 4.79 Å². The van der Waals surface area contributed by atoms with E-state index in [4.69, 9.17) is 9.47 Å². The van der Waals surface area contributed by atoms with Gasteiger partial charge in [0, 0.05) is 11.6 Å². The molecular formula is C22H17NO6. The largest absolute Gasteiger partial charge is 0.489 e. The molecule has 0 aliphatic rings. The number of nitro benzene ring substituents is 1. The molecule has 3 aromatic rings. The lowest BCUT2D eigenvalue weighted by molar-refractivity contribution is -0.385. The number of carbonyl (C=O) groups is 2. The Morgan fingerprint density at radius 1 is 0.862 bits per heavy atom. The van der Waals surface area contributed by atoms with Gasteiger partial charge < -0.3 is 9.47 Å². The Morgan fingerprint density at radius 2 is 1.52 bits per heavy atom. The van der Waals surface area contributed by atoms with Crippen LogP contribution >= 0.6 is 0 Å². The quantitative estimate of drug-likeness (QED) is 0.247. The number of para-hydroxylation sites is 1. The molecule has 0 atom stereocenters. The summed E-state index contributed by atoms with van der Waals surface area (Å²) in [5.74, 6) is -0.748. The second-order valence-corrected chi connectivity index (χ2v) is 6.07. The third kappa shape index (κ3) is 5.26. The van der Waals surface area contributed by atoms with E-state index in [0.717, 1.165) is 5.56 Å². The van der Waals surface area contributed by atoms with Crippen molar-refractivity contribution in [1.82, 2.24) is 0 Å². The van der Waals surface area contributed by atoms with Gasteiger partial charge in [0.25, 0.3) is 5.69 Å². The first-order valence-corrected chi connectivity index (χ1v) is 8.75. The molecule has 0 aliphatic carbocycles. The minimum absolute atomic E-state index is 0.199. The van der Waals surface area contributed by atoms with Crippen molar-refractivity contribution >= 4 is 17.4 Å². The number of nitrogens with zero attached hydrogens (tertiary/aromatic N) is 1. The van der Waals surface area contributed by atoms with Crippen molar-refractivity contribution in [1.29, 1.82) is 0 Å². The van der Waals surface area contributed by atoms with Crippen LogP contribution in [0.3, 0.4) is 0 Å². The van der Waals surface area contributed by atoms with E-state index < -0.39 is 23.3 Å². The lowest BCUT2D eigenvalue weighted by atomic mass is 10.1. The second kappa shape index (κ2) is 9.27. The van der Waals surface area contributed by atoms with Gasteiger partial charge in [0.2, 0.25) is 0 Å². The first-order valence-electron chi connectivity index (χ1n) is 8.75. The van der Waals surface area contributed by atoms with Crippen LogP contribution in [0.15, 0.2) is 78.9 Å². The van der Waals surface area contributed by atoms with Gasteiger partial charge in [0.1, 0.15) is 17.9 Å². The minimum Gasteiger partial charge on any atom is -0.489 e. The summed E-state index contributed by atoms with van der Waals surface area (Å²) in [6, 6.07) is 21.5. The zero-order valence-electron chi connectivity index (χ0n) is 15.3. The number of Topliss-reactive ketones (excluding diaryl/α,β-unsaturated/α-hetero) is 1. The van der Waals surface area contributed by atoms with Crippen LogP contribution in [-0.2, 0) is 11.3 Å². The molecule has 0 fully saturated rings. The average molecular weight is 391 g/mol. The number of hydrogen-bond acceptors (Lipinski definition) is 6. The van der Waals surface area contributed by atoms with Crippen LogP contribution in [0.2, 0.25) is 0 Å². The third-order valence-electron chi connectivity index (χ3n) is 4.08. The SMILES string of the molecule is O=C(COC(=O)c1ccccc1[N+](=O)[O-])c1ccc(OCc2ccccc2)cc1. The number of ketones is 1. The van der Waals surface area contributed by atoms with E-state index in [9.17, 15) is 19.7 Å². The fourth-order valence-electron chi connectivity index (χ4n) is 2.58. The van der Waals surface area contributed by atoms with Gasteiger partial charge in [-0.3, -0.25) is 14.9 Å². The van der Waals surface area contributed by atoms with Gasteiger partial charge in [-0.05, 0) is 35.9 Å². The van der Waals surface area contributed by atoms with Gasteiger partial charge in [-0.15, -0.1) is 0 Å². The third-order valence-corrected chi connectivity index (χ3v) is 4.08. The molecule has 3 aromatic carbocycles. The highest BCUT2D eigenvalue weighted by Crippen LogP contribution is 2.19. The van der Waals surface area contributed by atoms with Crippen molar-refractivity contribution in [2.24, 2.45) is 0 Å². The molecule has 29 heavy (non-hydrogen) atoms. The molecule has 0 bridgehead atoms. The van der Waals surface area contributed by atoms with Crippen LogP contribution in [0.5, 0.6) is 5.75 Å². The van der Waals surface area contributed by atoms with Gasteiger partial charge in [0.15, 0.2) is 12.4 Å². The van der Waals surface area contributed by atoms with E-state index in [1.54, 1.807) is 24.3 Å². The fraction of sp³-hybridized carbons (Fsp3) is 0.0909. The molecular weight excluding hydrogens is 374 g/mol. The van der Waals surface area contributed by atoms with E-state index in [-0.39, 0.29) is 11.3 Å². The van der Waals surface area contributed by atoms with Crippen molar-refractivity contribution < 1.29 is 24.0 Å². The van der Waals surface area contributed by atoms with E-state index in [1.165, 1.54) is 24.3 Å². The number of benzene rings is 3. The first kappa shape index (κ1) is 19.8. The van der Waals surface area contributed by atoms with E-state index in [1.807, 2.05) is 30.3 Å². The molecule has 0 saturated carbocycles. The summed E-state index contributed by atoms with van der Waals surface area (Å²) in [6.45, 7) is -0.114. The normalized spacial score (nSPS) is 10.2. The summed E-state index contributed by atoms with van der Waals surface area (Å²) in [7, 11) is 0. The summed E-state index contributed by atoms with van der Waals surface area (Å²) in [6.07, 6.45) is 0. The maximum atomic E-state index is 12.2. The maximum absolute atomic E-state index is 12.2. The molecule has 0 N–H and O–H groups in total. The summed E-state index contributed by atoms with van der Waals surface area (Å²) >= 11 is 0. The molecule has 0 saturated heterocycles. The van der Waals surface area contributed by atoms with Gasteiger partial charge in [-0.1, -0.05) is 42.5 Å². The number of esters is 1. The molecule has 7 heteroatoms. The number of ether oxygens (including phenoxy) is 2. The topological polar surface area (TPSA) is 95.7 Å². The molecule has 0 aromatic heterocycles. The molecule has 0 radical (unpaired) electrons. The van der Waals surface area contributed by atoms with Gasteiger partial charge >= 0.3 is 5.97 Å². The molecule has 3 rings (SSSR count). The van der Waals surface area contributed by atoms with Crippen LogP contribution in [0.25, 0.3) is 0 Å². The summed E-state index contributed by atoms with van der Waals surface area (Å²) in [4.78, 5) is 34.6. The standard InChI is InChI=1S/C22H17NO6/c24-21(15-29-22(25)19-8-4-5-9-20(19)23(26)27)17-10-12-18(13-11-17)28-14-16-6-2-1-3-7-16/h1-13H,14-15H2.